The van der Waals surface area contributed by atoms with Crippen LogP contribution in [0.15, 0.2) is 53.2 Å². The summed E-state index contributed by atoms with van der Waals surface area (Å²) in [6.07, 6.45) is 3.63. The molecule has 0 amide bonds. The Morgan fingerprint density at radius 1 is 1.38 bits per heavy atom. The molecule has 0 radical (unpaired) electrons. The standard InChI is InChI=1S/C12H14O/c1-9(2)8-11(10(3)4)12-6-5-7-13-12/h5-8H,1,3H2,2,4H3/b11-8+. The van der Waals surface area contributed by atoms with Gasteiger partial charge in [-0.1, -0.05) is 18.7 Å². The van der Waals surface area contributed by atoms with Crippen LogP contribution in [0.5, 0.6) is 0 Å². The largest absolute Gasteiger partial charge is 0.464 e. The van der Waals surface area contributed by atoms with Gasteiger partial charge in [0.15, 0.2) is 0 Å². The summed E-state index contributed by atoms with van der Waals surface area (Å²) < 4.78 is 5.29. The molecule has 0 aliphatic rings. The number of hydrogen-bond acceptors (Lipinski definition) is 1. The number of rotatable bonds is 3. The Kier molecular flexibility index (Phi) is 2.91. The molecule has 1 aromatic rings. The van der Waals surface area contributed by atoms with Crippen molar-refractivity contribution < 1.29 is 4.42 Å². The van der Waals surface area contributed by atoms with Gasteiger partial charge in [-0.05, 0) is 37.6 Å². The van der Waals surface area contributed by atoms with Crippen molar-refractivity contribution in [2.75, 3.05) is 0 Å². The summed E-state index contributed by atoms with van der Waals surface area (Å²) in [5.41, 5.74) is 2.99. The van der Waals surface area contributed by atoms with Gasteiger partial charge in [-0.2, -0.15) is 0 Å². The first-order valence-electron chi connectivity index (χ1n) is 4.18. The van der Waals surface area contributed by atoms with Crippen LogP contribution in [0.3, 0.4) is 0 Å². The summed E-state index contributed by atoms with van der Waals surface area (Å²) in [6.45, 7) is 11.6. The first kappa shape index (κ1) is 9.59. The Hall–Kier alpha value is -1.50. The molecule has 1 nitrogen and oxygen atoms in total. The van der Waals surface area contributed by atoms with E-state index in [9.17, 15) is 0 Å². The maximum absolute atomic E-state index is 5.29. The van der Waals surface area contributed by atoms with E-state index in [0.717, 1.165) is 22.5 Å². The number of hydrogen-bond donors (Lipinski definition) is 0. The lowest BCUT2D eigenvalue weighted by Crippen LogP contribution is -1.82. The van der Waals surface area contributed by atoms with Crippen LogP contribution in [0.25, 0.3) is 5.57 Å². The van der Waals surface area contributed by atoms with E-state index in [-0.39, 0.29) is 0 Å². The Balaban J connectivity index is 3.08. The van der Waals surface area contributed by atoms with Gasteiger partial charge in [0.1, 0.15) is 5.76 Å². The molecule has 0 aliphatic carbocycles. The third kappa shape index (κ3) is 2.48. The lowest BCUT2D eigenvalue weighted by atomic mass is 10.0. The van der Waals surface area contributed by atoms with Gasteiger partial charge in [-0.3, -0.25) is 0 Å². The monoisotopic (exact) mass is 174 g/mol. The molecule has 0 N–H and O–H groups in total. The van der Waals surface area contributed by atoms with Gasteiger partial charge in [0.05, 0.1) is 6.26 Å². The van der Waals surface area contributed by atoms with Crippen molar-refractivity contribution in [3.05, 3.63) is 54.5 Å². The average Bonchev–Trinajstić information content (AvgIpc) is 2.50. The Labute approximate surface area is 79.1 Å². The van der Waals surface area contributed by atoms with E-state index in [1.807, 2.05) is 32.1 Å². The normalized spacial score (nSPS) is 11.4. The highest BCUT2D eigenvalue weighted by molar-refractivity contribution is 5.76. The molecule has 0 aliphatic heterocycles. The minimum absolute atomic E-state index is 0.843. The summed E-state index contributed by atoms with van der Waals surface area (Å²) in [5.74, 6) is 0.843. The lowest BCUT2D eigenvalue weighted by molar-refractivity contribution is 0.553. The van der Waals surface area contributed by atoms with Crippen molar-refractivity contribution in [3.8, 4) is 0 Å². The van der Waals surface area contributed by atoms with E-state index >= 15 is 0 Å². The second-order valence-electron chi connectivity index (χ2n) is 3.16. The highest BCUT2D eigenvalue weighted by Crippen LogP contribution is 2.23. The first-order chi connectivity index (χ1) is 6.11. The van der Waals surface area contributed by atoms with E-state index in [0.29, 0.717) is 0 Å². The van der Waals surface area contributed by atoms with Crippen molar-refractivity contribution in [1.82, 2.24) is 0 Å². The predicted molar refractivity (Wildman–Crippen MR) is 56.3 cm³/mol. The van der Waals surface area contributed by atoms with Crippen LogP contribution in [-0.2, 0) is 0 Å². The maximum Gasteiger partial charge on any atom is 0.134 e. The summed E-state index contributed by atoms with van der Waals surface area (Å²) >= 11 is 0. The van der Waals surface area contributed by atoms with Gasteiger partial charge in [0.25, 0.3) is 0 Å². The van der Waals surface area contributed by atoms with Gasteiger partial charge in [0.2, 0.25) is 0 Å². The van der Waals surface area contributed by atoms with Gasteiger partial charge in [0, 0.05) is 5.57 Å². The smallest absolute Gasteiger partial charge is 0.134 e. The number of allylic oxidation sites excluding steroid dienone is 4. The second kappa shape index (κ2) is 3.94. The Morgan fingerprint density at radius 3 is 2.46 bits per heavy atom. The van der Waals surface area contributed by atoms with E-state index in [1.165, 1.54) is 0 Å². The van der Waals surface area contributed by atoms with Crippen LogP contribution < -0.4 is 0 Å². The topological polar surface area (TPSA) is 13.1 Å². The molecule has 68 valence electrons. The van der Waals surface area contributed by atoms with Gasteiger partial charge in [-0.25, -0.2) is 0 Å². The minimum Gasteiger partial charge on any atom is -0.464 e. The van der Waals surface area contributed by atoms with Crippen LogP contribution in [0, 0.1) is 0 Å². The molecule has 0 fully saturated rings. The molecule has 0 spiro atoms. The quantitative estimate of drug-likeness (QED) is 0.635. The molecule has 1 rings (SSSR count). The van der Waals surface area contributed by atoms with Gasteiger partial charge >= 0.3 is 0 Å². The van der Waals surface area contributed by atoms with Gasteiger partial charge < -0.3 is 4.42 Å². The lowest BCUT2D eigenvalue weighted by Gasteiger charge is -2.02. The van der Waals surface area contributed by atoms with Crippen LogP contribution in [-0.4, -0.2) is 0 Å². The maximum atomic E-state index is 5.29. The Morgan fingerprint density at radius 2 is 2.08 bits per heavy atom. The SMILES string of the molecule is C=C(C)/C=C(\C(=C)C)c1ccco1. The fourth-order valence-electron chi connectivity index (χ4n) is 1.08. The van der Waals surface area contributed by atoms with Crippen molar-refractivity contribution >= 4 is 5.57 Å². The molecule has 0 saturated heterocycles. The van der Waals surface area contributed by atoms with Crippen molar-refractivity contribution in [1.29, 1.82) is 0 Å². The molecule has 1 aromatic heterocycles. The second-order valence-corrected chi connectivity index (χ2v) is 3.16. The summed E-state index contributed by atoms with van der Waals surface area (Å²) in [5, 5.41) is 0. The van der Waals surface area contributed by atoms with Gasteiger partial charge in [-0.15, -0.1) is 0 Å². The summed E-state index contributed by atoms with van der Waals surface area (Å²) in [6, 6.07) is 3.79. The highest BCUT2D eigenvalue weighted by atomic mass is 16.3. The van der Waals surface area contributed by atoms with Crippen LogP contribution in [0.1, 0.15) is 19.6 Å². The fraction of sp³-hybridized carbons (Fsp3) is 0.167. The zero-order valence-electron chi connectivity index (χ0n) is 8.13. The molecular formula is C12H14O. The van der Waals surface area contributed by atoms with Crippen LogP contribution in [0.2, 0.25) is 0 Å². The molecule has 0 aromatic carbocycles. The molecule has 1 heterocycles. The highest BCUT2D eigenvalue weighted by Gasteiger charge is 2.04. The molecule has 0 bridgehead atoms. The van der Waals surface area contributed by atoms with E-state index in [1.54, 1.807) is 6.26 Å². The zero-order valence-corrected chi connectivity index (χ0v) is 8.13. The first-order valence-corrected chi connectivity index (χ1v) is 4.18. The van der Waals surface area contributed by atoms with Crippen LogP contribution in [0.4, 0.5) is 0 Å². The van der Waals surface area contributed by atoms with Crippen molar-refractivity contribution in [2.45, 2.75) is 13.8 Å². The summed E-state index contributed by atoms with van der Waals surface area (Å²) in [4.78, 5) is 0. The third-order valence-corrected chi connectivity index (χ3v) is 1.64. The molecular weight excluding hydrogens is 160 g/mol. The zero-order chi connectivity index (χ0) is 9.84. The fourth-order valence-corrected chi connectivity index (χ4v) is 1.08. The molecule has 0 saturated carbocycles. The molecule has 1 heteroatoms. The van der Waals surface area contributed by atoms with E-state index in [4.69, 9.17) is 4.42 Å². The van der Waals surface area contributed by atoms with E-state index < -0.39 is 0 Å². The van der Waals surface area contributed by atoms with Crippen molar-refractivity contribution in [2.24, 2.45) is 0 Å². The molecule has 13 heavy (non-hydrogen) atoms. The van der Waals surface area contributed by atoms with Crippen LogP contribution >= 0.6 is 0 Å². The number of furan rings is 1. The third-order valence-electron chi connectivity index (χ3n) is 1.64. The summed E-state index contributed by atoms with van der Waals surface area (Å²) in [7, 11) is 0. The predicted octanol–water partition coefficient (Wildman–Crippen LogP) is 3.82. The average molecular weight is 174 g/mol. The molecule has 0 unspecified atom stereocenters. The Bertz CT molecular complexity index is 339. The minimum atomic E-state index is 0.843. The molecule has 0 atom stereocenters. The van der Waals surface area contributed by atoms with Crippen molar-refractivity contribution in [3.63, 3.8) is 0 Å². The van der Waals surface area contributed by atoms with E-state index in [2.05, 4.69) is 13.2 Å².